The zero-order valence-electron chi connectivity index (χ0n) is 21.3. The van der Waals surface area contributed by atoms with Crippen LogP contribution in [0.4, 0.5) is 0 Å². The largest absolute Gasteiger partial charge is 0.393 e. The molecule has 0 aromatic heterocycles. The Morgan fingerprint density at radius 3 is 2.54 bits per heavy atom. The maximum Gasteiger partial charge on any atom is 0.266 e. The van der Waals surface area contributed by atoms with Crippen molar-refractivity contribution in [2.45, 2.75) is 90.8 Å². The van der Waals surface area contributed by atoms with Crippen molar-refractivity contribution in [1.29, 1.82) is 0 Å². The van der Waals surface area contributed by atoms with Gasteiger partial charge in [0.15, 0.2) is 0 Å². The molecule has 4 saturated carbocycles. The number of hydrogen-bond donors (Lipinski definition) is 4. The van der Waals surface area contributed by atoms with Crippen molar-refractivity contribution >= 4 is 21.8 Å². The van der Waals surface area contributed by atoms with Gasteiger partial charge >= 0.3 is 0 Å². The van der Waals surface area contributed by atoms with Crippen molar-refractivity contribution in [3.63, 3.8) is 0 Å². The molecule has 0 bridgehead atoms. The van der Waals surface area contributed by atoms with Gasteiger partial charge in [0.1, 0.15) is 5.78 Å². The predicted molar refractivity (Wildman–Crippen MR) is 131 cm³/mol. The Bertz CT molecular complexity index is 938. The summed E-state index contributed by atoms with van der Waals surface area (Å²) in [5.74, 6) is 0.440. The van der Waals surface area contributed by atoms with E-state index in [0.29, 0.717) is 31.5 Å². The SMILES string of the molecule is C[C@H](CCC(=O)NCCS(=O)(=O)O)[C@H]1CCC2C3C(=O)CC4CC(O)CC[C@]4(C)C3CC(O)[C@@]21C. The molecule has 200 valence electrons. The Hall–Kier alpha value is -1.03. The van der Waals surface area contributed by atoms with E-state index in [2.05, 4.69) is 26.1 Å². The maximum absolute atomic E-state index is 13.5. The lowest BCUT2D eigenvalue weighted by molar-refractivity contribution is -0.182. The predicted octanol–water partition coefficient (Wildman–Crippen LogP) is 2.58. The first kappa shape index (κ1) is 27.0. The van der Waals surface area contributed by atoms with E-state index in [1.165, 1.54) is 0 Å². The summed E-state index contributed by atoms with van der Waals surface area (Å²) >= 11 is 0. The molecule has 0 aliphatic heterocycles. The van der Waals surface area contributed by atoms with E-state index in [4.69, 9.17) is 4.55 Å². The lowest BCUT2D eigenvalue weighted by Crippen LogP contribution is -2.61. The molecule has 8 nitrogen and oxygen atoms in total. The van der Waals surface area contributed by atoms with E-state index in [-0.39, 0.29) is 71.3 Å². The van der Waals surface area contributed by atoms with Crippen LogP contribution in [-0.4, -0.2) is 59.4 Å². The summed E-state index contributed by atoms with van der Waals surface area (Å²) in [6.07, 6.45) is 5.45. The second-order valence-electron chi connectivity index (χ2n) is 12.5. The number of aliphatic hydroxyl groups excluding tert-OH is 2. The number of Topliss-reactive ketones (excluding diaryl/α,β-unsaturated/α-hetero) is 1. The summed E-state index contributed by atoms with van der Waals surface area (Å²) in [5, 5.41) is 24.4. The molecule has 35 heavy (non-hydrogen) atoms. The van der Waals surface area contributed by atoms with Crippen molar-refractivity contribution in [3.05, 3.63) is 0 Å². The summed E-state index contributed by atoms with van der Waals surface area (Å²) in [6, 6.07) is 0. The second kappa shape index (κ2) is 9.69. The molecule has 0 spiro atoms. The summed E-state index contributed by atoms with van der Waals surface area (Å²) in [5.41, 5.74) is -0.376. The zero-order chi connectivity index (χ0) is 25.8. The highest BCUT2D eigenvalue weighted by atomic mass is 32.2. The standard InChI is InChI=1S/C26H43NO7S/c1-15(4-7-23(31)27-10-11-35(32,33)34)18-5-6-19-24-20(14-22(30)26(18,19)3)25(2)9-8-17(28)12-16(25)13-21(24)29/h15-20,22,24,28,30H,4-14H2,1-3H3,(H,27,31)(H,32,33,34)/t15-,16?,17?,18-,19?,20?,22?,24?,25+,26-/m1/s1. The summed E-state index contributed by atoms with van der Waals surface area (Å²) in [6.45, 7) is 6.45. The van der Waals surface area contributed by atoms with Gasteiger partial charge in [-0.25, -0.2) is 0 Å². The fraction of sp³-hybridized carbons (Fsp3) is 0.923. The number of fused-ring (bicyclic) bond motifs is 5. The lowest BCUT2D eigenvalue weighted by Gasteiger charge is -2.61. The van der Waals surface area contributed by atoms with Crippen molar-refractivity contribution in [2.24, 2.45) is 46.3 Å². The van der Waals surface area contributed by atoms with Gasteiger partial charge in [-0.05, 0) is 80.0 Å². The quantitative estimate of drug-likeness (QED) is 0.383. The van der Waals surface area contributed by atoms with E-state index in [1.807, 2.05) is 0 Å². The van der Waals surface area contributed by atoms with Gasteiger partial charge in [-0.3, -0.25) is 14.1 Å². The van der Waals surface area contributed by atoms with E-state index in [9.17, 15) is 28.2 Å². The van der Waals surface area contributed by atoms with Crippen LogP contribution < -0.4 is 5.32 Å². The fourth-order valence-electron chi connectivity index (χ4n) is 8.81. The molecular formula is C26H43NO7S. The number of carbonyl (C=O) groups excluding carboxylic acids is 2. The van der Waals surface area contributed by atoms with E-state index in [0.717, 1.165) is 25.7 Å². The van der Waals surface area contributed by atoms with Crippen LogP contribution >= 0.6 is 0 Å². The van der Waals surface area contributed by atoms with E-state index in [1.54, 1.807) is 0 Å². The zero-order valence-corrected chi connectivity index (χ0v) is 22.1. The monoisotopic (exact) mass is 513 g/mol. The van der Waals surface area contributed by atoms with Gasteiger partial charge in [-0.15, -0.1) is 0 Å². The lowest BCUT2D eigenvalue weighted by atomic mass is 9.43. The Balaban J connectivity index is 1.44. The van der Waals surface area contributed by atoms with Gasteiger partial charge in [0.2, 0.25) is 5.91 Å². The molecule has 4 fully saturated rings. The highest BCUT2D eigenvalue weighted by Gasteiger charge is 2.65. The van der Waals surface area contributed by atoms with Gasteiger partial charge in [0, 0.05) is 30.7 Å². The Morgan fingerprint density at radius 2 is 1.86 bits per heavy atom. The van der Waals surface area contributed by atoms with Crippen molar-refractivity contribution < 1.29 is 32.8 Å². The van der Waals surface area contributed by atoms with Crippen LogP contribution in [0.15, 0.2) is 0 Å². The molecule has 4 aliphatic carbocycles. The first-order valence-corrected chi connectivity index (χ1v) is 15.0. The van der Waals surface area contributed by atoms with Crippen molar-refractivity contribution in [2.75, 3.05) is 12.3 Å². The Kier molecular flexibility index (Phi) is 7.48. The average Bonchev–Trinajstić information content (AvgIpc) is 3.12. The normalized spacial score (nSPS) is 44.2. The molecule has 0 heterocycles. The molecule has 4 aliphatic rings. The summed E-state index contributed by atoms with van der Waals surface area (Å²) in [4.78, 5) is 25.7. The number of ketones is 1. The van der Waals surface area contributed by atoms with Crippen LogP contribution in [0, 0.1) is 46.3 Å². The molecule has 1 amide bonds. The maximum atomic E-state index is 13.5. The van der Waals surface area contributed by atoms with Gasteiger partial charge < -0.3 is 15.5 Å². The summed E-state index contributed by atoms with van der Waals surface area (Å²) < 4.78 is 30.5. The van der Waals surface area contributed by atoms with E-state index >= 15 is 0 Å². The van der Waals surface area contributed by atoms with Gasteiger partial charge in [-0.1, -0.05) is 20.8 Å². The van der Waals surface area contributed by atoms with Crippen molar-refractivity contribution in [3.8, 4) is 0 Å². The molecule has 4 N–H and O–H groups in total. The van der Waals surface area contributed by atoms with Crippen LogP contribution in [0.25, 0.3) is 0 Å². The minimum Gasteiger partial charge on any atom is -0.393 e. The third kappa shape index (κ3) is 4.94. The van der Waals surface area contributed by atoms with Crippen LogP contribution in [0.2, 0.25) is 0 Å². The highest BCUT2D eigenvalue weighted by Crippen LogP contribution is 2.67. The number of amides is 1. The first-order chi connectivity index (χ1) is 16.3. The van der Waals surface area contributed by atoms with Crippen LogP contribution in [0.3, 0.4) is 0 Å². The third-order valence-corrected chi connectivity index (χ3v) is 11.5. The topological polar surface area (TPSA) is 141 Å². The number of nitrogens with one attached hydrogen (secondary N) is 1. The van der Waals surface area contributed by atoms with Gasteiger partial charge in [-0.2, -0.15) is 8.42 Å². The molecule has 0 saturated heterocycles. The van der Waals surface area contributed by atoms with Crippen LogP contribution in [0.1, 0.15) is 78.6 Å². The van der Waals surface area contributed by atoms with Crippen molar-refractivity contribution in [1.82, 2.24) is 5.32 Å². The molecule has 6 unspecified atom stereocenters. The first-order valence-electron chi connectivity index (χ1n) is 13.4. The molecule has 4 rings (SSSR count). The fourth-order valence-corrected chi connectivity index (χ4v) is 9.17. The molecule has 10 atom stereocenters. The number of hydrogen-bond acceptors (Lipinski definition) is 6. The minimum absolute atomic E-state index is 0.00996. The van der Waals surface area contributed by atoms with Crippen LogP contribution in [0.5, 0.6) is 0 Å². The molecule has 9 heteroatoms. The van der Waals surface area contributed by atoms with Gasteiger partial charge in [0.25, 0.3) is 10.1 Å². The molecule has 0 radical (unpaired) electrons. The Labute approximate surface area is 209 Å². The number of carbonyl (C=O) groups is 2. The minimum atomic E-state index is -4.10. The summed E-state index contributed by atoms with van der Waals surface area (Å²) in [7, 11) is -4.10. The van der Waals surface area contributed by atoms with Gasteiger partial charge in [0.05, 0.1) is 18.0 Å². The third-order valence-electron chi connectivity index (χ3n) is 10.8. The Morgan fingerprint density at radius 1 is 1.14 bits per heavy atom. The molecule has 0 aromatic carbocycles. The number of aliphatic hydroxyl groups is 2. The second-order valence-corrected chi connectivity index (χ2v) is 14.1. The highest BCUT2D eigenvalue weighted by molar-refractivity contribution is 7.85. The molecular weight excluding hydrogens is 470 g/mol. The molecule has 0 aromatic rings. The van der Waals surface area contributed by atoms with Crippen LogP contribution in [-0.2, 0) is 19.7 Å². The number of rotatable bonds is 7. The van der Waals surface area contributed by atoms with E-state index < -0.39 is 22.0 Å². The smallest absolute Gasteiger partial charge is 0.266 e. The average molecular weight is 514 g/mol.